The lowest BCUT2D eigenvalue weighted by atomic mass is 10.0. The molecule has 1 unspecified atom stereocenters. The summed E-state index contributed by atoms with van der Waals surface area (Å²) in [5, 5.41) is 3.89. The average molecular weight is 295 g/mol. The molecular formula is C14H18FN3OS. The molecule has 4 nitrogen and oxygen atoms in total. The van der Waals surface area contributed by atoms with Crippen LogP contribution in [0.4, 0.5) is 4.39 Å². The number of rotatable bonds is 6. The van der Waals surface area contributed by atoms with Gasteiger partial charge < -0.3 is 10.3 Å². The Bertz CT molecular complexity index is 559. The Balaban J connectivity index is 1.92. The van der Waals surface area contributed by atoms with Crippen molar-refractivity contribution in [1.29, 1.82) is 0 Å². The fraction of sp³-hybridized carbons (Fsp3) is 0.429. The summed E-state index contributed by atoms with van der Waals surface area (Å²) in [4.78, 5) is 4.86. The van der Waals surface area contributed by atoms with Crippen LogP contribution < -0.4 is 5.73 Å². The van der Waals surface area contributed by atoms with Gasteiger partial charge in [0.2, 0.25) is 5.89 Å². The monoisotopic (exact) mass is 295 g/mol. The Morgan fingerprint density at radius 3 is 2.80 bits per heavy atom. The Labute approximate surface area is 121 Å². The van der Waals surface area contributed by atoms with E-state index in [2.05, 4.69) is 24.0 Å². The number of halogens is 1. The second-order valence-corrected chi connectivity index (χ2v) is 5.95. The molecule has 2 aromatic rings. The van der Waals surface area contributed by atoms with Crippen molar-refractivity contribution in [1.82, 2.24) is 10.1 Å². The second-order valence-electron chi connectivity index (χ2n) is 4.94. The minimum atomic E-state index is -0.233. The number of hydrogen-bond donors (Lipinski definition) is 1. The van der Waals surface area contributed by atoms with Crippen LogP contribution in [-0.2, 0) is 12.2 Å². The van der Waals surface area contributed by atoms with Gasteiger partial charge in [0, 0.05) is 17.4 Å². The van der Waals surface area contributed by atoms with Gasteiger partial charge in [-0.25, -0.2) is 4.39 Å². The predicted molar refractivity (Wildman–Crippen MR) is 76.8 cm³/mol. The van der Waals surface area contributed by atoms with Gasteiger partial charge in [-0.05, 0) is 18.1 Å². The van der Waals surface area contributed by atoms with Crippen molar-refractivity contribution in [3.8, 4) is 0 Å². The molecule has 0 bridgehead atoms. The molecule has 1 heterocycles. The Morgan fingerprint density at radius 2 is 2.10 bits per heavy atom. The zero-order chi connectivity index (χ0) is 14.5. The summed E-state index contributed by atoms with van der Waals surface area (Å²) in [7, 11) is 0. The summed E-state index contributed by atoms with van der Waals surface area (Å²) in [6.45, 7) is 4.10. The zero-order valence-electron chi connectivity index (χ0n) is 11.5. The van der Waals surface area contributed by atoms with Crippen LogP contribution in [0.25, 0.3) is 0 Å². The Morgan fingerprint density at radius 1 is 1.35 bits per heavy atom. The predicted octanol–water partition coefficient (Wildman–Crippen LogP) is 3.03. The van der Waals surface area contributed by atoms with Crippen LogP contribution in [-0.4, -0.2) is 16.2 Å². The van der Waals surface area contributed by atoms with Gasteiger partial charge in [-0.3, -0.25) is 0 Å². The van der Waals surface area contributed by atoms with Crippen molar-refractivity contribution in [3.05, 3.63) is 41.8 Å². The quantitative estimate of drug-likeness (QED) is 0.830. The minimum Gasteiger partial charge on any atom is -0.339 e. The van der Waals surface area contributed by atoms with E-state index in [0.29, 0.717) is 34.7 Å². The van der Waals surface area contributed by atoms with Gasteiger partial charge >= 0.3 is 0 Å². The molecule has 0 aliphatic heterocycles. The molecule has 0 saturated heterocycles. The first-order valence-corrected chi connectivity index (χ1v) is 7.49. The third-order valence-corrected chi connectivity index (χ3v) is 4.01. The summed E-state index contributed by atoms with van der Waals surface area (Å²) in [6.07, 6.45) is 0.565. The Kier molecular flexibility index (Phi) is 5.14. The van der Waals surface area contributed by atoms with Gasteiger partial charge in [0.25, 0.3) is 0 Å². The molecule has 0 saturated carbocycles. The maximum atomic E-state index is 13.5. The molecule has 0 amide bonds. The van der Waals surface area contributed by atoms with E-state index < -0.39 is 0 Å². The number of hydrogen-bond acceptors (Lipinski definition) is 5. The zero-order valence-corrected chi connectivity index (χ0v) is 12.4. The lowest BCUT2D eigenvalue weighted by Gasteiger charge is -2.11. The van der Waals surface area contributed by atoms with Crippen molar-refractivity contribution < 1.29 is 8.91 Å². The van der Waals surface area contributed by atoms with E-state index in [1.165, 1.54) is 17.8 Å². The van der Waals surface area contributed by atoms with Gasteiger partial charge in [0.05, 0.1) is 5.75 Å². The van der Waals surface area contributed by atoms with E-state index in [1.807, 2.05) is 0 Å². The van der Waals surface area contributed by atoms with E-state index in [0.717, 1.165) is 0 Å². The van der Waals surface area contributed by atoms with Gasteiger partial charge in [0.1, 0.15) is 5.82 Å². The molecule has 0 spiro atoms. The van der Waals surface area contributed by atoms with Crippen molar-refractivity contribution in [2.75, 3.05) is 0 Å². The molecule has 20 heavy (non-hydrogen) atoms. The van der Waals surface area contributed by atoms with Crippen molar-refractivity contribution in [3.63, 3.8) is 0 Å². The molecule has 1 aromatic carbocycles. The molecular weight excluding hydrogens is 277 g/mol. The Hall–Kier alpha value is -1.40. The molecule has 0 aliphatic carbocycles. The first-order valence-electron chi connectivity index (χ1n) is 6.50. The first-order chi connectivity index (χ1) is 9.56. The third kappa shape index (κ3) is 4.05. The van der Waals surface area contributed by atoms with Gasteiger partial charge in [0.15, 0.2) is 5.82 Å². The van der Waals surface area contributed by atoms with E-state index in [9.17, 15) is 4.39 Å². The number of nitrogens with two attached hydrogens (primary N) is 1. The van der Waals surface area contributed by atoms with E-state index >= 15 is 0 Å². The first kappa shape index (κ1) is 15.0. The highest BCUT2D eigenvalue weighted by molar-refractivity contribution is 7.98. The summed E-state index contributed by atoms with van der Waals surface area (Å²) in [6, 6.07) is 6.64. The van der Waals surface area contributed by atoms with Crippen LogP contribution in [0.1, 0.15) is 25.6 Å². The standard InChI is InChI=1S/C14H18FN3OS/c1-9(2)11(16)7-14-17-13(18-19-14)8-20-12-6-4-3-5-10(12)15/h3-6,9,11H,7-8,16H2,1-2H3. The SMILES string of the molecule is CC(C)C(N)Cc1nc(CSc2ccccc2F)no1. The molecule has 0 radical (unpaired) electrons. The maximum Gasteiger partial charge on any atom is 0.228 e. The van der Waals surface area contributed by atoms with Crippen LogP contribution in [0.15, 0.2) is 33.7 Å². The van der Waals surface area contributed by atoms with Crippen molar-refractivity contribution in [2.24, 2.45) is 11.7 Å². The van der Waals surface area contributed by atoms with Crippen LogP contribution in [0, 0.1) is 11.7 Å². The molecule has 108 valence electrons. The molecule has 1 atom stereocenters. The third-order valence-electron chi connectivity index (χ3n) is 2.97. The highest BCUT2D eigenvalue weighted by Gasteiger charge is 2.14. The summed E-state index contributed by atoms with van der Waals surface area (Å²) < 4.78 is 18.6. The summed E-state index contributed by atoms with van der Waals surface area (Å²) >= 11 is 1.35. The summed E-state index contributed by atoms with van der Waals surface area (Å²) in [5.41, 5.74) is 5.96. The maximum absolute atomic E-state index is 13.5. The van der Waals surface area contributed by atoms with Gasteiger partial charge in [-0.15, -0.1) is 11.8 Å². The molecule has 6 heteroatoms. The number of nitrogens with zero attached hydrogens (tertiary/aromatic N) is 2. The topological polar surface area (TPSA) is 64.9 Å². The highest BCUT2D eigenvalue weighted by atomic mass is 32.2. The molecule has 2 N–H and O–H groups in total. The normalized spacial score (nSPS) is 12.8. The average Bonchev–Trinajstić information content (AvgIpc) is 2.85. The fourth-order valence-electron chi connectivity index (χ4n) is 1.57. The van der Waals surface area contributed by atoms with Gasteiger partial charge in [-0.1, -0.05) is 31.1 Å². The fourth-order valence-corrected chi connectivity index (χ4v) is 2.36. The van der Waals surface area contributed by atoms with E-state index in [-0.39, 0.29) is 11.9 Å². The van der Waals surface area contributed by atoms with Gasteiger partial charge in [-0.2, -0.15) is 4.98 Å². The minimum absolute atomic E-state index is 0.00233. The van der Waals surface area contributed by atoms with Crippen LogP contribution in [0.2, 0.25) is 0 Å². The molecule has 0 fully saturated rings. The van der Waals surface area contributed by atoms with Crippen LogP contribution in [0.5, 0.6) is 0 Å². The number of thioether (sulfide) groups is 1. The second kappa shape index (κ2) is 6.85. The van der Waals surface area contributed by atoms with Crippen LogP contribution in [0.3, 0.4) is 0 Å². The van der Waals surface area contributed by atoms with Crippen molar-refractivity contribution >= 4 is 11.8 Å². The molecule has 0 aliphatic rings. The summed E-state index contributed by atoms with van der Waals surface area (Å²) in [5.74, 6) is 1.70. The molecule has 1 aromatic heterocycles. The van der Waals surface area contributed by atoms with E-state index in [4.69, 9.17) is 10.3 Å². The van der Waals surface area contributed by atoms with Crippen LogP contribution >= 0.6 is 11.8 Å². The van der Waals surface area contributed by atoms with E-state index in [1.54, 1.807) is 18.2 Å². The smallest absolute Gasteiger partial charge is 0.228 e. The lowest BCUT2D eigenvalue weighted by molar-refractivity contribution is 0.350. The highest BCUT2D eigenvalue weighted by Crippen LogP contribution is 2.24. The number of benzene rings is 1. The molecule has 2 rings (SSSR count). The van der Waals surface area contributed by atoms with Crippen molar-refractivity contribution in [2.45, 2.75) is 37.0 Å². The lowest BCUT2D eigenvalue weighted by Crippen LogP contribution is -2.28. The largest absolute Gasteiger partial charge is 0.339 e. The number of aromatic nitrogens is 2.